The SMILES string of the molecule is C#CC#CC#CC#CC#CN(CCOCCC[Si](C)(C)OCC)C(C)=O. The third kappa shape index (κ3) is 13.8. The molecule has 0 aromatic rings. The Morgan fingerprint density at radius 1 is 1.04 bits per heavy atom. The van der Waals surface area contributed by atoms with E-state index in [0.29, 0.717) is 19.8 Å². The highest BCUT2D eigenvalue weighted by Crippen LogP contribution is 2.13. The smallest absolute Gasteiger partial charge is 0.231 e. The first kappa shape index (κ1) is 23.4. The second kappa shape index (κ2) is 14.7. The monoisotopic (exact) mass is 367 g/mol. The highest BCUT2D eigenvalue weighted by molar-refractivity contribution is 6.71. The fourth-order valence-corrected chi connectivity index (χ4v) is 3.82. The Hall–Kier alpha value is -2.59. The molecule has 0 saturated heterocycles. The second-order valence-corrected chi connectivity index (χ2v) is 10.0. The molecule has 0 atom stereocenters. The van der Waals surface area contributed by atoms with Gasteiger partial charge in [0.1, 0.15) is 0 Å². The van der Waals surface area contributed by atoms with Crippen molar-refractivity contribution in [3.05, 3.63) is 0 Å². The zero-order valence-electron chi connectivity index (χ0n) is 16.0. The van der Waals surface area contributed by atoms with Gasteiger partial charge in [0.05, 0.1) is 13.2 Å². The van der Waals surface area contributed by atoms with Gasteiger partial charge in [0.15, 0.2) is 8.32 Å². The highest BCUT2D eigenvalue weighted by atomic mass is 28.4. The number of hydrogen-bond acceptors (Lipinski definition) is 3. The first-order chi connectivity index (χ1) is 12.4. The molecule has 0 heterocycles. The van der Waals surface area contributed by atoms with Gasteiger partial charge in [0, 0.05) is 49.9 Å². The van der Waals surface area contributed by atoms with Crippen LogP contribution in [0, 0.1) is 59.8 Å². The summed E-state index contributed by atoms with van der Waals surface area (Å²) in [5, 5.41) is 0. The van der Waals surface area contributed by atoms with E-state index in [2.05, 4.69) is 66.5 Å². The summed E-state index contributed by atoms with van der Waals surface area (Å²) in [7, 11) is -1.55. The van der Waals surface area contributed by atoms with Crippen LogP contribution in [0.25, 0.3) is 0 Å². The summed E-state index contributed by atoms with van der Waals surface area (Å²) in [6.45, 7) is 10.1. The van der Waals surface area contributed by atoms with Crippen LogP contribution in [0.15, 0.2) is 0 Å². The molecule has 0 spiro atoms. The highest BCUT2D eigenvalue weighted by Gasteiger charge is 2.20. The van der Waals surface area contributed by atoms with E-state index in [4.69, 9.17) is 15.6 Å². The van der Waals surface area contributed by atoms with E-state index in [1.54, 1.807) is 0 Å². The molecule has 136 valence electrons. The number of rotatable bonds is 9. The minimum absolute atomic E-state index is 0.154. The van der Waals surface area contributed by atoms with E-state index in [1.807, 2.05) is 6.92 Å². The van der Waals surface area contributed by atoms with Crippen LogP contribution in [0.2, 0.25) is 19.1 Å². The molecule has 5 heteroatoms. The predicted molar refractivity (Wildman–Crippen MR) is 107 cm³/mol. The summed E-state index contributed by atoms with van der Waals surface area (Å²) in [5.41, 5.74) is 0. The maximum absolute atomic E-state index is 11.5. The van der Waals surface area contributed by atoms with Crippen molar-refractivity contribution < 1.29 is 14.0 Å². The molecule has 0 aromatic carbocycles. The quantitative estimate of drug-likeness (QED) is 0.271. The molecule has 0 rings (SSSR count). The summed E-state index contributed by atoms with van der Waals surface area (Å²) in [4.78, 5) is 12.9. The van der Waals surface area contributed by atoms with Crippen LogP contribution >= 0.6 is 0 Å². The van der Waals surface area contributed by atoms with E-state index in [-0.39, 0.29) is 5.91 Å². The van der Waals surface area contributed by atoms with E-state index in [9.17, 15) is 4.79 Å². The molecule has 0 bridgehead atoms. The van der Waals surface area contributed by atoms with Crippen LogP contribution in [-0.2, 0) is 14.0 Å². The number of hydrogen-bond donors (Lipinski definition) is 0. The summed E-state index contributed by atoms with van der Waals surface area (Å²) in [6, 6.07) is 3.74. The van der Waals surface area contributed by atoms with E-state index < -0.39 is 8.32 Å². The first-order valence-electron chi connectivity index (χ1n) is 8.39. The van der Waals surface area contributed by atoms with Gasteiger partial charge in [-0.05, 0) is 56.2 Å². The van der Waals surface area contributed by atoms with Gasteiger partial charge in [-0.25, -0.2) is 0 Å². The van der Waals surface area contributed by atoms with Gasteiger partial charge < -0.3 is 9.16 Å². The van der Waals surface area contributed by atoms with Crippen molar-refractivity contribution in [2.75, 3.05) is 26.4 Å². The summed E-state index contributed by atoms with van der Waals surface area (Å²) in [6.07, 6.45) is 5.91. The Labute approximate surface area is 159 Å². The van der Waals surface area contributed by atoms with Gasteiger partial charge in [-0.2, -0.15) is 0 Å². The van der Waals surface area contributed by atoms with E-state index in [1.165, 1.54) is 11.8 Å². The average Bonchev–Trinajstić information content (AvgIpc) is 2.57. The molecule has 4 nitrogen and oxygen atoms in total. The van der Waals surface area contributed by atoms with Crippen molar-refractivity contribution in [2.45, 2.75) is 39.4 Å². The van der Waals surface area contributed by atoms with Gasteiger partial charge in [0.2, 0.25) is 5.91 Å². The third-order valence-electron chi connectivity index (χ3n) is 3.08. The molecule has 0 fully saturated rings. The molecule has 26 heavy (non-hydrogen) atoms. The van der Waals surface area contributed by atoms with Crippen LogP contribution in [0.3, 0.4) is 0 Å². The molecule has 0 saturated carbocycles. The lowest BCUT2D eigenvalue weighted by Crippen LogP contribution is -2.30. The van der Waals surface area contributed by atoms with Crippen LogP contribution in [0.5, 0.6) is 0 Å². The van der Waals surface area contributed by atoms with E-state index in [0.717, 1.165) is 19.1 Å². The van der Waals surface area contributed by atoms with Crippen molar-refractivity contribution in [1.82, 2.24) is 4.90 Å². The Balaban J connectivity index is 4.22. The van der Waals surface area contributed by atoms with Gasteiger partial charge in [-0.1, -0.05) is 0 Å². The largest absolute Gasteiger partial charge is 0.418 e. The molecule has 0 aliphatic carbocycles. The topological polar surface area (TPSA) is 38.8 Å². The molecule has 1 amide bonds. The van der Waals surface area contributed by atoms with Crippen molar-refractivity contribution in [1.29, 1.82) is 0 Å². The van der Waals surface area contributed by atoms with Crippen molar-refractivity contribution in [2.24, 2.45) is 0 Å². The Bertz CT molecular complexity index is 734. The van der Waals surface area contributed by atoms with Gasteiger partial charge >= 0.3 is 0 Å². The molecule has 0 aliphatic heterocycles. The van der Waals surface area contributed by atoms with E-state index >= 15 is 0 Å². The normalized spacial score (nSPS) is 8.88. The Kier molecular flexibility index (Phi) is 13.3. The lowest BCUT2D eigenvalue weighted by atomic mass is 10.5. The summed E-state index contributed by atoms with van der Waals surface area (Å²) in [5.74, 6) is 19.4. The van der Waals surface area contributed by atoms with Gasteiger partial charge in [-0.15, -0.1) is 6.42 Å². The van der Waals surface area contributed by atoms with Crippen molar-refractivity contribution in [3.8, 4) is 59.8 Å². The molecule has 0 radical (unpaired) electrons. The zero-order valence-corrected chi connectivity index (χ0v) is 17.0. The van der Waals surface area contributed by atoms with Crippen LogP contribution in [-0.4, -0.2) is 45.5 Å². The number of carbonyl (C=O) groups excluding carboxylic acids is 1. The summed E-state index contributed by atoms with van der Waals surface area (Å²) < 4.78 is 11.4. The standard InChI is InChI=1S/C21H25NO3Si/c1-6-8-9-10-11-12-13-14-16-22(21(3)23)17-19-24-18-15-20-26(4,5)25-7-2/h1H,7,15,17-20H2,2-5H3. The molecular formula is C21H25NO3Si. The zero-order chi connectivity index (χ0) is 19.7. The number of ether oxygens (including phenoxy) is 1. The fourth-order valence-electron chi connectivity index (χ4n) is 1.90. The molecular weight excluding hydrogens is 342 g/mol. The predicted octanol–water partition coefficient (Wildman–Crippen LogP) is 2.09. The molecule has 0 aromatic heterocycles. The number of carbonyl (C=O) groups is 1. The molecule has 0 N–H and O–H groups in total. The van der Waals surface area contributed by atoms with Crippen molar-refractivity contribution in [3.63, 3.8) is 0 Å². The lowest BCUT2D eigenvalue weighted by Gasteiger charge is -2.21. The van der Waals surface area contributed by atoms with Gasteiger partial charge in [0.25, 0.3) is 0 Å². The second-order valence-electron chi connectivity index (χ2n) is 5.71. The summed E-state index contributed by atoms with van der Waals surface area (Å²) >= 11 is 0. The maximum atomic E-state index is 11.5. The van der Waals surface area contributed by atoms with Crippen LogP contribution < -0.4 is 0 Å². The maximum Gasteiger partial charge on any atom is 0.231 e. The number of terminal acetylenes is 1. The van der Waals surface area contributed by atoms with Gasteiger partial charge in [-0.3, -0.25) is 9.69 Å². The molecule has 0 aliphatic rings. The fraction of sp³-hybridized carbons (Fsp3) is 0.476. The average molecular weight is 368 g/mol. The minimum Gasteiger partial charge on any atom is -0.418 e. The lowest BCUT2D eigenvalue weighted by molar-refractivity contribution is -0.126. The third-order valence-corrected chi connectivity index (χ3v) is 5.71. The Morgan fingerprint density at radius 2 is 1.65 bits per heavy atom. The minimum atomic E-state index is -1.55. The first-order valence-corrected chi connectivity index (χ1v) is 11.5. The molecule has 0 unspecified atom stereocenters. The number of nitrogens with zero attached hydrogens (tertiary/aromatic N) is 1. The van der Waals surface area contributed by atoms with Crippen LogP contribution in [0.4, 0.5) is 0 Å². The number of amides is 1. The Morgan fingerprint density at radius 3 is 2.23 bits per heavy atom. The van der Waals surface area contributed by atoms with Crippen LogP contribution in [0.1, 0.15) is 20.3 Å². The van der Waals surface area contributed by atoms with Crippen molar-refractivity contribution >= 4 is 14.2 Å².